The lowest BCUT2D eigenvalue weighted by atomic mass is 9.83. The van der Waals surface area contributed by atoms with Crippen molar-refractivity contribution >= 4 is 5.82 Å². The van der Waals surface area contributed by atoms with Gasteiger partial charge in [-0.1, -0.05) is 32.4 Å². The van der Waals surface area contributed by atoms with E-state index in [4.69, 9.17) is 5.26 Å². The zero-order valence-electron chi connectivity index (χ0n) is 11.3. The molecule has 94 valence electrons. The molecule has 1 aromatic rings. The molecule has 0 amide bonds. The smallest absolute Gasteiger partial charge is 0.130 e. The number of rotatable bonds is 1. The molecule has 1 aliphatic heterocycles. The van der Waals surface area contributed by atoms with Gasteiger partial charge in [0.15, 0.2) is 0 Å². The molecule has 0 unspecified atom stereocenters. The quantitative estimate of drug-likeness (QED) is 0.709. The highest BCUT2D eigenvalue weighted by Gasteiger charge is 2.21. The van der Waals surface area contributed by atoms with E-state index in [-0.39, 0.29) is 5.41 Å². The lowest BCUT2D eigenvalue weighted by Crippen LogP contribution is -2.31. The Morgan fingerprint density at radius 3 is 2.72 bits per heavy atom. The van der Waals surface area contributed by atoms with Crippen molar-refractivity contribution in [3.05, 3.63) is 35.5 Å². The molecule has 0 atom stereocenters. The van der Waals surface area contributed by atoms with E-state index in [1.165, 1.54) is 5.57 Å². The van der Waals surface area contributed by atoms with Gasteiger partial charge in [0.05, 0.1) is 11.6 Å². The van der Waals surface area contributed by atoms with Crippen LogP contribution in [0.2, 0.25) is 0 Å². The molecule has 0 saturated carbocycles. The number of anilines is 1. The summed E-state index contributed by atoms with van der Waals surface area (Å²) in [6.07, 6.45) is 5.07. The summed E-state index contributed by atoms with van der Waals surface area (Å²) >= 11 is 0. The molecule has 18 heavy (non-hydrogen) atoms. The summed E-state index contributed by atoms with van der Waals surface area (Å²) in [5.41, 5.74) is 2.44. The zero-order chi connectivity index (χ0) is 13.2. The van der Waals surface area contributed by atoms with Crippen molar-refractivity contribution in [1.29, 1.82) is 5.26 Å². The van der Waals surface area contributed by atoms with Crippen LogP contribution in [0.3, 0.4) is 0 Å². The Hall–Kier alpha value is -1.82. The molecular formula is C15H19N3. The van der Waals surface area contributed by atoms with Crippen molar-refractivity contribution in [3.63, 3.8) is 0 Å². The number of hydrogen-bond acceptors (Lipinski definition) is 3. The fourth-order valence-corrected chi connectivity index (χ4v) is 2.22. The molecule has 2 rings (SSSR count). The van der Waals surface area contributed by atoms with Crippen molar-refractivity contribution in [2.24, 2.45) is 5.41 Å². The SMILES string of the molecule is CC(C)(C)C1=CCN(c2cc(C#N)ccn2)CC1. The van der Waals surface area contributed by atoms with Gasteiger partial charge in [0, 0.05) is 19.3 Å². The first kappa shape index (κ1) is 12.6. The number of pyridine rings is 1. The van der Waals surface area contributed by atoms with Gasteiger partial charge in [0.1, 0.15) is 5.82 Å². The molecule has 0 spiro atoms. The van der Waals surface area contributed by atoms with Crippen LogP contribution < -0.4 is 4.90 Å². The maximum Gasteiger partial charge on any atom is 0.130 e. The average Bonchev–Trinajstić information content (AvgIpc) is 2.38. The largest absolute Gasteiger partial charge is 0.353 e. The van der Waals surface area contributed by atoms with Crippen LogP contribution >= 0.6 is 0 Å². The Bertz CT molecular complexity index is 503. The van der Waals surface area contributed by atoms with Crippen LogP contribution in [0.15, 0.2) is 30.0 Å². The topological polar surface area (TPSA) is 39.9 Å². The second kappa shape index (κ2) is 4.81. The van der Waals surface area contributed by atoms with Gasteiger partial charge in [-0.05, 0) is 24.0 Å². The minimum Gasteiger partial charge on any atom is -0.353 e. The van der Waals surface area contributed by atoms with E-state index in [1.807, 2.05) is 6.07 Å². The third-order valence-corrected chi connectivity index (χ3v) is 3.37. The van der Waals surface area contributed by atoms with Crippen LogP contribution in [0, 0.1) is 16.7 Å². The van der Waals surface area contributed by atoms with Gasteiger partial charge in [-0.2, -0.15) is 5.26 Å². The van der Waals surface area contributed by atoms with Gasteiger partial charge >= 0.3 is 0 Å². The Kier molecular flexibility index (Phi) is 3.38. The van der Waals surface area contributed by atoms with Crippen LogP contribution in [0.5, 0.6) is 0 Å². The lowest BCUT2D eigenvalue weighted by molar-refractivity contribution is 0.472. The van der Waals surface area contributed by atoms with Crippen LogP contribution in [0.4, 0.5) is 5.82 Å². The van der Waals surface area contributed by atoms with E-state index >= 15 is 0 Å². The van der Waals surface area contributed by atoms with E-state index < -0.39 is 0 Å². The molecule has 0 aliphatic carbocycles. The van der Waals surface area contributed by atoms with Crippen LogP contribution in [0.25, 0.3) is 0 Å². The first-order chi connectivity index (χ1) is 8.50. The first-order valence-corrected chi connectivity index (χ1v) is 6.31. The summed E-state index contributed by atoms with van der Waals surface area (Å²) in [5, 5.41) is 8.90. The van der Waals surface area contributed by atoms with E-state index in [2.05, 4.69) is 42.8 Å². The highest BCUT2D eigenvalue weighted by atomic mass is 15.2. The third kappa shape index (κ3) is 2.70. The molecule has 0 N–H and O–H groups in total. The van der Waals surface area contributed by atoms with Gasteiger partial charge in [-0.25, -0.2) is 4.98 Å². The summed E-state index contributed by atoms with van der Waals surface area (Å²) in [6.45, 7) is 8.62. The first-order valence-electron chi connectivity index (χ1n) is 6.31. The predicted molar refractivity (Wildman–Crippen MR) is 73.3 cm³/mol. The van der Waals surface area contributed by atoms with E-state index in [0.717, 1.165) is 25.3 Å². The molecular weight excluding hydrogens is 222 g/mol. The van der Waals surface area contributed by atoms with Gasteiger partial charge in [0.2, 0.25) is 0 Å². The minimum atomic E-state index is 0.258. The zero-order valence-corrected chi connectivity index (χ0v) is 11.3. The van der Waals surface area contributed by atoms with Gasteiger partial charge in [0.25, 0.3) is 0 Å². The molecule has 0 radical (unpaired) electrons. The molecule has 0 saturated heterocycles. The van der Waals surface area contributed by atoms with E-state index in [9.17, 15) is 0 Å². The van der Waals surface area contributed by atoms with Crippen LogP contribution in [0.1, 0.15) is 32.8 Å². The van der Waals surface area contributed by atoms with E-state index in [0.29, 0.717) is 5.56 Å². The maximum atomic E-state index is 8.90. The number of hydrogen-bond donors (Lipinski definition) is 0. The van der Waals surface area contributed by atoms with Crippen LogP contribution in [-0.2, 0) is 0 Å². The fourth-order valence-electron chi connectivity index (χ4n) is 2.22. The van der Waals surface area contributed by atoms with Crippen molar-refractivity contribution in [1.82, 2.24) is 4.98 Å². The standard InChI is InChI=1S/C15H19N3/c1-15(2,3)13-5-8-18(9-6-13)14-10-12(11-16)4-7-17-14/h4-5,7,10H,6,8-9H2,1-3H3. The second-order valence-corrected chi connectivity index (χ2v) is 5.69. The van der Waals surface area contributed by atoms with Crippen molar-refractivity contribution in [2.45, 2.75) is 27.2 Å². The lowest BCUT2D eigenvalue weighted by Gasteiger charge is -2.32. The highest BCUT2D eigenvalue weighted by molar-refractivity contribution is 5.46. The Morgan fingerprint density at radius 2 is 2.17 bits per heavy atom. The monoisotopic (exact) mass is 241 g/mol. The minimum absolute atomic E-state index is 0.258. The highest BCUT2D eigenvalue weighted by Crippen LogP contribution is 2.31. The van der Waals surface area contributed by atoms with Crippen molar-refractivity contribution < 1.29 is 0 Å². The Morgan fingerprint density at radius 1 is 1.39 bits per heavy atom. The predicted octanol–water partition coefficient (Wildman–Crippen LogP) is 3.14. The number of nitrogens with zero attached hydrogens (tertiary/aromatic N) is 3. The molecule has 1 aromatic heterocycles. The Labute approximate surface area is 109 Å². The van der Waals surface area contributed by atoms with Gasteiger partial charge in [-0.3, -0.25) is 0 Å². The third-order valence-electron chi connectivity index (χ3n) is 3.37. The maximum absolute atomic E-state index is 8.90. The molecule has 0 fully saturated rings. The summed E-state index contributed by atoms with van der Waals surface area (Å²) in [5.74, 6) is 0.901. The number of nitriles is 1. The molecule has 2 heterocycles. The number of aromatic nitrogens is 1. The fraction of sp³-hybridized carbons (Fsp3) is 0.467. The molecule has 0 aromatic carbocycles. The Balaban J connectivity index is 2.15. The van der Waals surface area contributed by atoms with E-state index in [1.54, 1.807) is 12.3 Å². The summed E-state index contributed by atoms with van der Waals surface area (Å²) < 4.78 is 0. The van der Waals surface area contributed by atoms with Crippen molar-refractivity contribution in [2.75, 3.05) is 18.0 Å². The summed E-state index contributed by atoms with van der Waals surface area (Å²) in [7, 11) is 0. The summed E-state index contributed by atoms with van der Waals surface area (Å²) in [6, 6.07) is 5.75. The molecule has 3 heteroatoms. The average molecular weight is 241 g/mol. The normalized spacial score (nSPS) is 16.1. The van der Waals surface area contributed by atoms with Gasteiger partial charge < -0.3 is 4.90 Å². The second-order valence-electron chi connectivity index (χ2n) is 5.69. The molecule has 3 nitrogen and oxygen atoms in total. The van der Waals surface area contributed by atoms with Crippen molar-refractivity contribution in [3.8, 4) is 6.07 Å². The molecule has 1 aliphatic rings. The molecule has 0 bridgehead atoms. The summed E-state index contributed by atoms with van der Waals surface area (Å²) in [4.78, 5) is 6.56. The van der Waals surface area contributed by atoms with Gasteiger partial charge in [-0.15, -0.1) is 0 Å². The van der Waals surface area contributed by atoms with Crippen LogP contribution in [-0.4, -0.2) is 18.1 Å².